The first-order valence-corrected chi connectivity index (χ1v) is 7.65. The van der Waals surface area contributed by atoms with Gasteiger partial charge in [-0.2, -0.15) is 0 Å². The summed E-state index contributed by atoms with van der Waals surface area (Å²) in [5, 5.41) is 0.282. The van der Waals surface area contributed by atoms with Gasteiger partial charge in [0.05, 0.1) is 0 Å². The van der Waals surface area contributed by atoms with Gasteiger partial charge in [0.2, 0.25) is 0 Å². The van der Waals surface area contributed by atoms with Crippen molar-refractivity contribution in [1.29, 1.82) is 0 Å². The van der Waals surface area contributed by atoms with Gasteiger partial charge in [-0.05, 0) is 36.8 Å². The van der Waals surface area contributed by atoms with Gasteiger partial charge in [0.1, 0.15) is 0 Å². The summed E-state index contributed by atoms with van der Waals surface area (Å²) in [6.45, 7) is 4.22. The average Bonchev–Trinajstić information content (AvgIpc) is 2.63. The lowest BCUT2D eigenvalue weighted by atomic mass is 10.1. The Labute approximate surface area is 106 Å². The monoisotopic (exact) mass is 251 g/mol. The zero-order valence-electron chi connectivity index (χ0n) is 10.6. The van der Waals surface area contributed by atoms with E-state index >= 15 is 0 Å². The van der Waals surface area contributed by atoms with Gasteiger partial charge in [0, 0.05) is 27.8 Å². The molecule has 1 aliphatic rings. The van der Waals surface area contributed by atoms with Crippen LogP contribution in [0.1, 0.15) is 30.9 Å². The molecule has 0 aliphatic heterocycles. The van der Waals surface area contributed by atoms with Crippen LogP contribution in [0.3, 0.4) is 0 Å². The van der Waals surface area contributed by atoms with Gasteiger partial charge in [-0.25, -0.2) is 0 Å². The highest BCUT2D eigenvalue weighted by atomic mass is 32.2. The molecule has 0 bridgehead atoms. The highest BCUT2D eigenvalue weighted by Crippen LogP contribution is 2.30. The van der Waals surface area contributed by atoms with E-state index < -0.39 is 10.8 Å². The largest absolute Gasteiger partial charge is 0.327 e. The van der Waals surface area contributed by atoms with Crippen molar-refractivity contribution >= 4 is 10.8 Å². The molecule has 17 heavy (non-hydrogen) atoms. The standard InChI is InChI=1S/C14H21NOS/c1-10-5-3-4-6-12(10)9-17(16)14-8-7-13(15)11(14)2/h3-6,11,13-14H,7-9,15H2,1-2H3. The summed E-state index contributed by atoms with van der Waals surface area (Å²) >= 11 is 0. The van der Waals surface area contributed by atoms with Crippen LogP contribution in [0.2, 0.25) is 0 Å². The number of hydrogen-bond donors (Lipinski definition) is 1. The molecule has 0 radical (unpaired) electrons. The lowest BCUT2D eigenvalue weighted by Gasteiger charge is -2.18. The third kappa shape index (κ3) is 2.78. The molecule has 1 aromatic carbocycles. The summed E-state index contributed by atoms with van der Waals surface area (Å²) < 4.78 is 12.4. The van der Waals surface area contributed by atoms with E-state index in [1.807, 2.05) is 12.1 Å². The predicted octanol–water partition coefficient (Wildman–Crippen LogP) is 2.37. The van der Waals surface area contributed by atoms with Gasteiger partial charge >= 0.3 is 0 Å². The highest BCUT2D eigenvalue weighted by molar-refractivity contribution is 7.84. The molecule has 0 amide bonds. The van der Waals surface area contributed by atoms with Gasteiger partial charge in [-0.3, -0.25) is 4.21 Å². The first-order valence-electron chi connectivity index (χ1n) is 6.27. The summed E-state index contributed by atoms with van der Waals surface area (Å²) in [5.74, 6) is 1.06. The topological polar surface area (TPSA) is 43.1 Å². The van der Waals surface area contributed by atoms with Gasteiger partial charge in [-0.1, -0.05) is 31.2 Å². The molecular weight excluding hydrogens is 230 g/mol. The molecule has 0 spiro atoms. The fourth-order valence-electron chi connectivity index (χ4n) is 2.56. The van der Waals surface area contributed by atoms with Crippen LogP contribution in [0.4, 0.5) is 0 Å². The molecule has 1 fully saturated rings. The van der Waals surface area contributed by atoms with Crippen molar-refractivity contribution in [2.75, 3.05) is 0 Å². The molecule has 1 saturated carbocycles. The molecule has 4 unspecified atom stereocenters. The number of nitrogens with two attached hydrogens (primary N) is 1. The second-order valence-electron chi connectivity index (χ2n) is 5.09. The normalized spacial score (nSPS) is 30.4. The summed E-state index contributed by atoms with van der Waals surface area (Å²) in [6.07, 6.45) is 2.03. The zero-order chi connectivity index (χ0) is 12.4. The molecule has 1 aliphatic carbocycles. The molecule has 1 aromatic rings. The lowest BCUT2D eigenvalue weighted by molar-refractivity contribution is 0.526. The molecule has 4 atom stereocenters. The maximum absolute atomic E-state index is 12.4. The third-order valence-corrected chi connectivity index (χ3v) is 5.88. The van der Waals surface area contributed by atoms with Crippen LogP contribution in [0.15, 0.2) is 24.3 Å². The minimum absolute atomic E-state index is 0.237. The Kier molecular flexibility index (Phi) is 4.00. The van der Waals surface area contributed by atoms with E-state index in [-0.39, 0.29) is 11.3 Å². The van der Waals surface area contributed by atoms with Crippen molar-refractivity contribution in [2.45, 2.75) is 43.7 Å². The summed E-state index contributed by atoms with van der Waals surface area (Å²) in [7, 11) is -0.787. The van der Waals surface area contributed by atoms with Crippen LogP contribution in [0.25, 0.3) is 0 Å². The molecule has 2 N–H and O–H groups in total. The van der Waals surface area contributed by atoms with Crippen LogP contribution in [0.5, 0.6) is 0 Å². The first-order chi connectivity index (χ1) is 8.09. The second kappa shape index (κ2) is 5.32. The number of hydrogen-bond acceptors (Lipinski definition) is 2. The van der Waals surface area contributed by atoms with Crippen molar-refractivity contribution in [2.24, 2.45) is 11.7 Å². The maximum atomic E-state index is 12.4. The van der Waals surface area contributed by atoms with Gasteiger partial charge < -0.3 is 5.73 Å². The van der Waals surface area contributed by atoms with Crippen molar-refractivity contribution in [3.63, 3.8) is 0 Å². The molecular formula is C14H21NOS. The van der Waals surface area contributed by atoms with E-state index in [4.69, 9.17) is 5.73 Å². The second-order valence-corrected chi connectivity index (χ2v) is 6.75. The maximum Gasteiger partial charge on any atom is 0.0491 e. The average molecular weight is 251 g/mol. The Morgan fingerprint density at radius 3 is 2.65 bits per heavy atom. The molecule has 3 heteroatoms. The van der Waals surface area contributed by atoms with Crippen LogP contribution < -0.4 is 5.73 Å². The molecule has 94 valence electrons. The Morgan fingerprint density at radius 2 is 2.06 bits per heavy atom. The van der Waals surface area contributed by atoms with Crippen molar-refractivity contribution in [1.82, 2.24) is 0 Å². The third-order valence-electron chi connectivity index (χ3n) is 3.94. The smallest absolute Gasteiger partial charge is 0.0491 e. The fourth-order valence-corrected chi connectivity index (χ4v) is 4.49. The highest BCUT2D eigenvalue weighted by Gasteiger charge is 2.34. The zero-order valence-corrected chi connectivity index (χ0v) is 11.4. The van der Waals surface area contributed by atoms with Crippen LogP contribution in [0, 0.1) is 12.8 Å². The Hall–Kier alpha value is -0.670. The van der Waals surface area contributed by atoms with Crippen LogP contribution in [-0.4, -0.2) is 15.5 Å². The first kappa shape index (κ1) is 12.8. The van der Waals surface area contributed by atoms with E-state index in [2.05, 4.69) is 26.0 Å². The Morgan fingerprint density at radius 1 is 1.35 bits per heavy atom. The van der Waals surface area contributed by atoms with E-state index in [0.29, 0.717) is 11.7 Å². The van der Waals surface area contributed by atoms with Crippen LogP contribution in [-0.2, 0) is 16.6 Å². The van der Waals surface area contributed by atoms with Crippen molar-refractivity contribution in [3.8, 4) is 0 Å². The molecule has 0 saturated heterocycles. The van der Waals surface area contributed by atoms with Crippen molar-refractivity contribution < 1.29 is 4.21 Å². The van der Waals surface area contributed by atoms with Gasteiger partial charge in [-0.15, -0.1) is 0 Å². The lowest BCUT2D eigenvalue weighted by Crippen LogP contribution is -2.30. The fraction of sp³-hybridized carbons (Fsp3) is 0.571. The SMILES string of the molecule is Cc1ccccc1CS(=O)C1CCC(N)C1C. The summed E-state index contributed by atoms with van der Waals surface area (Å²) in [4.78, 5) is 0. The predicted molar refractivity (Wildman–Crippen MR) is 73.2 cm³/mol. The molecule has 2 nitrogen and oxygen atoms in total. The number of rotatable bonds is 3. The van der Waals surface area contributed by atoms with Gasteiger partial charge in [0.15, 0.2) is 0 Å². The van der Waals surface area contributed by atoms with E-state index in [1.54, 1.807) is 0 Å². The van der Waals surface area contributed by atoms with E-state index in [9.17, 15) is 4.21 Å². The van der Waals surface area contributed by atoms with Crippen LogP contribution >= 0.6 is 0 Å². The molecule has 2 rings (SSSR count). The number of aryl methyl sites for hydroxylation is 1. The van der Waals surface area contributed by atoms with E-state index in [1.165, 1.54) is 11.1 Å². The minimum atomic E-state index is -0.787. The summed E-state index contributed by atoms with van der Waals surface area (Å²) in [5.41, 5.74) is 8.43. The number of benzene rings is 1. The Balaban J connectivity index is 2.05. The quantitative estimate of drug-likeness (QED) is 0.896. The van der Waals surface area contributed by atoms with Crippen molar-refractivity contribution in [3.05, 3.63) is 35.4 Å². The van der Waals surface area contributed by atoms with E-state index in [0.717, 1.165) is 12.8 Å². The molecule has 0 heterocycles. The molecule has 0 aromatic heterocycles. The Bertz CT molecular complexity index is 418. The minimum Gasteiger partial charge on any atom is -0.327 e. The van der Waals surface area contributed by atoms with Gasteiger partial charge in [0.25, 0.3) is 0 Å². The summed E-state index contributed by atoms with van der Waals surface area (Å²) in [6, 6.07) is 8.43.